The summed E-state index contributed by atoms with van der Waals surface area (Å²) in [5.74, 6) is 0.286. The van der Waals surface area contributed by atoms with Crippen LogP contribution in [0.2, 0.25) is 0 Å². The summed E-state index contributed by atoms with van der Waals surface area (Å²) in [5, 5.41) is 0. The SMILES string of the molecule is C=CC/C=C\C/C=C\CC(=O)C(C)(C)C. The van der Waals surface area contributed by atoms with Crippen molar-refractivity contribution in [3.63, 3.8) is 0 Å². The molecule has 0 N–H and O–H groups in total. The van der Waals surface area contributed by atoms with Gasteiger partial charge in [0.05, 0.1) is 0 Å². The molecule has 0 atom stereocenters. The second-order valence-corrected chi connectivity index (χ2v) is 4.58. The molecular formula is C14H22O. The second kappa shape index (κ2) is 7.22. The molecule has 0 bridgehead atoms. The second-order valence-electron chi connectivity index (χ2n) is 4.58. The van der Waals surface area contributed by atoms with Gasteiger partial charge >= 0.3 is 0 Å². The Kier molecular flexibility index (Phi) is 6.68. The van der Waals surface area contributed by atoms with Crippen molar-refractivity contribution in [1.29, 1.82) is 0 Å². The van der Waals surface area contributed by atoms with Gasteiger partial charge in [-0.2, -0.15) is 0 Å². The van der Waals surface area contributed by atoms with Crippen LogP contribution >= 0.6 is 0 Å². The van der Waals surface area contributed by atoms with E-state index >= 15 is 0 Å². The zero-order valence-corrected chi connectivity index (χ0v) is 10.1. The summed E-state index contributed by atoms with van der Waals surface area (Å²) in [4.78, 5) is 11.5. The van der Waals surface area contributed by atoms with Gasteiger partial charge in [-0.3, -0.25) is 4.79 Å². The third kappa shape index (κ3) is 7.92. The average molecular weight is 206 g/mol. The van der Waals surface area contributed by atoms with E-state index in [4.69, 9.17) is 0 Å². The first-order valence-corrected chi connectivity index (χ1v) is 5.42. The molecule has 1 heteroatoms. The highest BCUT2D eigenvalue weighted by Crippen LogP contribution is 2.16. The van der Waals surface area contributed by atoms with E-state index in [2.05, 4.69) is 18.7 Å². The van der Waals surface area contributed by atoms with Gasteiger partial charge in [-0.15, -0.1) is 6.58 Å². The summed E-state index contributed by atoms with van der Waals surface area (Å²) in [7, 11) is 0. The first kappa shape index (κ1) is 13.9. The molecule has 0 saturated carbocycles. The minimum absolute atomic E-state index is 0.219. The van der Waals surface area contributed by atoms with Crippen molar-refractivity contribution in [1.82, 2.24) is 0 Å². The van der Waals surface area contributed by atoms with E-state index < -0.39 is 0 Å². The molecule has 0 unspecified atom stereocenters. The number of hydrogen-bond donors (Lipinski definition) is 0. The molecule has 0 aliphatic rings. The van der Waals surface area contributed by atoms with Gasteiger partial charge in [-0.05, 0) is 12.8 Å². The normalized spacial score (nSPS) is 12.5. The Bertz CT molecular complexity index is 251. The maximum atomic E-state index is 11.5. The summed E-state index contributed by atoms with van der Waals surface area (Å²) in [6, 6.07) is 0. The molecule has 0 aromatic heterocycles. The molecule has 0 aromatic rings. The molecule has 0 heterocycles. The van der Waals surface area contributed by atoms with E-state index in [0.29, 0.717) is 6.42 Å². The highest BCUT2D eigenvalue weighted by molar-refractivity contribution is 5.84. The van der Waals surface area contributed by atoms with Crippen LogP contribution in [0.4, 0.5) is 0 Å². The monoisotopic (exact) mass is 206 g/mol. The molecular weight excluding hydrogens is 184 g/mol. The lowest BCUT2D eigenvalue weighted by Gasteiger charge is -2.14. The van der Waals surface area contributed by atoms with Gasteiger partial charge in [0.1, 0.15) is 5.78 Å². The standard InChI is InChI=1S/C14H22O/c1-5-6-7-8-9-10-11-12-13(15)14(2,3)4/h5,7-8,10-11H,1,6,9,12H2,2-4H3/b8-7-,11-10-. The quantitative estimate of drug-likeness (QED) is 0.599. The Hall–Kier alpha value is -1.11. The van der Waals surface area contributed by atoms with E-state index in [1.807, 2.05) is 39.0 Å². The number of hydrogen-bond acceptors (Lipinski definition) is 1. The summed E-state index contributed by atoms with van der Waals surface area (Å²) >= 11 is 0. The Balaban J connectivity index is 3.72. The van der Waals surface area contributed by atoms with Crippen LogP contribution in [0.25, 0.3) is 0 Å². The smallest absolute Gasteiger partial charge is 0.141 e. The molecule has 0 fully saturated rings. The van der Waals surface area contributed by atoms with E-state index in [0.717, 1.165) is 12.8 Å². The third-order valence-corrected chi connectivity index (χ3v) is 2.05. The molecule has 0 aromatic carbocycles. The van der Waals surface area contributed by atoms with Gasteiger partial charge < -0.3 is 0 Å². The van der Waals surface area contributed by atoms with Crippen LogP contribution in [0.15, 0.2) is 37.0 Å². The Morgan fingerprint density at radius 2 is 1.60 bits per heavy atom. The molecule has 84 valence electrons. The van der Waals surface area contributed by atoms with Crippen molar-refractivity contribution in [2.24, 2.45) is 5.41 Å². The molecule has 0 amide bonds. The number of carbonyl (C=O) groups excluding carboxylic acids is 1. The van der Waals surface area contributed by atoms with E-state index in [1.54, 1.807) is 0 Å². The van der Waals surface area contributed by atoms with Gasteiger partial charge in [0, 0.05) is 11.8 Å². The number of allylic oxidation sites excluding steroid dienone is 5. The van der Waals surface area contributed by atoms with Crippen molar-refractivity contribution in [3.05, 3.63) is 37.0 Å². The van der Waals surface area contributed by atoms with Gasteiger partial charge in [0.15, 0.2) is 0 Å². The Morgan fingerprint density at radius 3 is 2.13 bits per heavy atom. The Morgan fingerprint density at radius 1 is 1.07 bits per heavy atom. The highest BCUT2D eigenvalue weighted by Gasteiger charge is 2.18. The van der Waals surface area contributed by atoms with Crippen LogP contribution < -0.4 is 0 Å². The molecule has 1 nitrogen and oxygen atoms in total. The molecule has 0 radical (unpaired) electrons. The van der Waals surface area contributed by atoms with Crippen molar-refractivity contribution >= 4 is 5.78 Å². The first-order valence-electron chi connectivity index (χ1n) is 5.42. The predicted octanol–water partition coefficient (Wildman–Crippen LogP) is 4.07. The first-order chi connectivity index (χ1) is 6.98. The van der Waals surface area contributed by atoms with E-state index in [9.17, 15) is 4.79 Å². The molecule has 0 aliphatic heterocycles. The molecule has 0 rings (SSSR count). The summed E-state index contributed by atoms with van der Waals surface area (Å²) in [5.41, 5.74) is -0.219. The van der Waals surface area contributed by atoms with Crippen LogP contribution in [0.5, 0.6) is 0 Å². The minimum Gasteiger partial charge on any atom is -0.299 e. The van der Waals surface area contributed by atoms with Gasteiger partial charge in [0.2, 0.25) is 0 Å². The molecule has 15 heavy (non-hydrogen) atoms. The zero-order valence-electron chi connectivity index (χ0n) is 10.1. The third-order valence-electron chi connectivity index (χ3n) is 2.05. The van der Waals surface area contributed by atoms with Gasteiger partial charge in [-0.1, -0.05) is 51.2 Å². The Labute approximate surface area is 93.6 Å². The van der Waals surface area contributed by atoms with Crippen LogP contribution in [-0.2, 0) is 4.79 Å². The van der Waals surface area contributed by atoms with Gasteiger partial charge in [0.25, 0.3) is 0 Å². The van der Waals surface area contributed by atoms with Gasteiger partial charge in [-0.25, -0.2) is 0 Å². The van der Waals surface area contributed by atoms with Crippen molar-refractivity contribution in [3.8, 4) is 0 Å². The molecule has 0 spiro atoms. The maximum Gasteiger partial charge on any atom is 0.141 e. The number of ketones is 1. The predicted molar refractivity (Wildman–Crippen MR) is 66.8 cm³/mol. The van der Waals surface area contributed by atoms with Crippen LogP contribution in [0.1, 0.15) is 40.0 Å². The van der Waals surface area contributed by atoms with Crippen LogP contribution in [-0.4, -0.2) is 5.78 Å². The zero-order chi connectivity index (χ0) is 11.7. The number of rotatable bonds is 6. The largest absolute Gasteiger partial charge is 0.299 e. The number of Topliss-reactive ketones (excluding diaryl/α,β-unsaturated/α-hetero) is 1. The average Bonchev–Trinajstić information content (AvgIpc) is 2.14. The fourth-order valence-electron chi connectivity index (χ4n) is 0.960. The minimum atomic E-state index is -0.219. The van der Waals surface area contributed by atoms with Crippen molar-refractivity contribution in [2.45, 2.75) is 40.0 Å². The summed E-state index contributed by atoms with van der Waals surface area (Å²) in [6.07, 6.45) is 12.3. The lowest BCUT2D eigenvalue weighted by atomic mass is 9.89. The van der Waals surface area contributed by atoms with Crippen molar-refractivity contribution < 1.29 is 4.79 Å². The van der Waals surface area contributed by atoms with Crippen molar-refractivity contribution in [2.75, 3.05) is 0 Å². The fourth-order valence-corrected chi connectivity index (χ4v) is 0.960. The molecule has 0 saturated heterocycles. The topological polar surface area (TPSA) is 17.1 Å². The van der Waals surface area contributed by atoms with E-state index in [1.165, 1.54) is 0 Å². The fraction of sp³-hybridized carbons (Fsp3) is 0.500. The summed E-state index contributed by atoms with van der Waals surface area (Å²) in [6.45, 7) is 9.49. The van der Waals surface area contributed by atoms with E-state index in [-0.39, 0.29) is 11.2 Å². The molecule has 0 aliphatic carbocycles. The van der Waals surface area contributed by atoms with Crippen LogP contribution in [0, 0.1) is 5.41 Å². The maximum absolute atomic E-state index is 11.5. The van der Waals surface area contributed by atoms with Crippen LogP contribution in [0.3, 0.4) is 0 Å². The summed E-state index contributed by atoms with van der Waals surface area (Å²) < 4.78 is 0. The number of carbonyl (C=O) groups is 1. The lowest BCUT2D eigenvalue weighted by Crippen LogP contribution is -2.18. The lowest BCUT2D eigenvalue weighted by molar-refractivity contribution is -0.125. The highest BCUT2D eigenvalue weighted by atomic mass is 16.1.